The molecule has 22 heavy (non-hydrogen) atoms. The van der Waals surface area contributed by atoms with Crippen LogP contribution in [-0.4, -0.2) is 17.1 Å². The van der Waals surface area contributed by atoms with Crippen molar-refractivity contribution in [3.05, 3.63) is 35.4 Å². The van der Waals surface area contributed by atoms with Crippen molar-refractivity contribution in [2.45, 2.75) is 46.1 Å². The van der Waals surface area contributed by atoms with E-state index in [0.29, 0.717) is 6.42 Å². The van der Waals surface area contributed by atoms with Crippen molar-refractivity contribution < 1.29 is 14.7 Å². The zero-order chi connectivity index (χ0) is 16.8. The molecule has 0 bridgehead atoms. The molecule has 0 spiro atoms. The quantitative estimate of drug-likeness (QED) is 0.325. The molecule has 5 N–H and O–H groups in total. The van der Waals surface area contributed by atoms with Gasteiger partial charge < -0.3 is 21.4 Å². The molecule has 0 aliphatic carbocycles. The predicted molar refractivity (Wildman–Crippen MR) is 85.7 cm³/mol. The Morgan fingerprint density at radius 3 is 2.32 bits per heavy atom. The van der Waals surface area contributed by atoms with Crippen LogP contribution in [0.3, 0.4) is 0 Å². The largest absolute Gasteiger partial charge is 0.441 e. The van der Waals surface area contributed by atoms with Crippen molar-refractivity contribution in [3.8, 4) is 0 Å². The van der Waals surface area contributed by atoms with Gasteiger partial charge in [0.25, 0.3) is 0 Å². The van der Waals surface area contributed by atoms with Gasteiger partial charge in [0.1, 0.15) is 11.9 Å². The van der Waals surface area contributed by atoms with E-state index in [9.17, 15) is 4.79 Å². The fraction of sp³-hybridized carbons (Fsp3) is 0.500. The van der Waals surface area contributed by atoms with Gasteiger partial charge in [0.05, 0.1) is 0 Å². The van der Waals surface area contributed by atoms with E-state index < -0.39 is 12.2 Å². The van der Waals surface area contributed by atoms with Crippen molar-refractivity contribution in [2.75, 3.05) is 0 Å². The van der Waals surface area contributed by atoms with Gasteiger partial charge in [-0.15, -0.1) is 0 Å². The molecule has 122 valence electrons. The van der Waals surface area contributed by atoms with Crippen LogP contribution in [0.2, 0.25) is 0 Å². The number of carbonyl (C=O) groups excluding carboxylic acids is 1. The van der Waals surface area contributed by atoms with Crippen LogP contribution in [0.15, 0.2) is 29.4 Å². The second-order valence-electron chi connectivity index (χ2n) is 6.37. The first kappa shape index (κ1) is 17.8. The maximum atomic E-state index is 11.1. The van der Waals surface area contributed by atoms with Crippen molar-refractivity contribution in [1.29, 1.82) is 0 Å². The molecule has 1 unspecified atom stereocenters. The molecule has 0 saturated heterocycles. The normalized spacial score (nSPS) is 13.7. The summed E-state index contributed by atoms with van der Waals surface area (Å²) in [5.74, 6) is 0.235. The van der Waals surface area contributed by atoms with Gasteiger partial charge in [-0.1, -0.05) is 50.2 Å². The van der Waals surface area contributed by atoms with Crippen molar-refractivity contribution >= 4 is 11.9 Å². The van der Waals surface area contributed by atoms with Crippen LogP contribution in [0.5, 0.6) is 0 Å². The molecule has 0 aliphatic heterocycles. The number of oxime groups is 1. The Labute approximate surface area is 131 Å². The minimum atomic E-state index is -0.775. The molecule has 0 fully saturated rings. The van der Waals surface area contributed by atoms with E-state index in [1.807, 2.05) is 45.0 Å². The fourth-order valence-corrected chi connectivity index (χ4v) is 2.24. The van der Waals surface area contributed by atoms with E-state index in [0.717, 1.165) is 24.0 Å². The van der Waals surface area contributed by atoms with Crippen LogP contribution >= 0.6 is 0 Å². The molecule has 0 radical (unpaired) electrons. The highest BCUT2D eigenvalue weighted by molar-refractivity contribution is 5.79. The lowest BCUT2D eigenvalue weighted by atomic mass is 9.84. The van der Waals surface area contributed by atoms with Crippen LogP contribution in [0.1, 0.15) is 50.8 Å². The Balaban J connectivity index is 2.75. The van der Waals surface area contributed by atoms with Gasteiger partial charge in [-0.2, -0.15) is 0 Å². The van der Waals surface area contributed by atoms with Gasteiger partial charge >= 0.3 is 6.09 Å². The van der Waals surface area contributed by atoms with Gasteiger partial charge in [0.2, 0.25) is 0 Å². The molecule has 0 aromatic heterocycles. The number of hydrogen-bond acceptors (Lipinski definition) is 4. The molecule has 1 rings (SSSR count). The number of amides is 1. The van der Waals surface area contributed by atoms with E-state index >= 15 is 0 Å². The molecule has 1 aromatic carbocycles. The molecule has 6 nitrogen and oxygen atoms in total. The molecular weight excluding hydrogens is 282 g/mol. The van der Waals surface area contributed by atoms with Gasteiger partial charge in [-0.25, -0.2) is 4.79 Å². The summed E-state index contributed by atoms with van der Waals surface area (Å²) < 4.78 is 5.25. The standard InChI is InChI=1S/C16H25N3O3/c1-16(2,3)14(22-15(18)20)12-9-7-11(8-10-12)5-4-6-13(17)19-21/h7-10,14,21H,4-6H2,1-3H3,(H2,17,19)(H2,18,20). The van der Waals surface area contributed by atoms with E-state index in [2.05, 4.69) is 5.16 Å². The number of primary amides is 1. The lowest BCUT2D eigenvalue weighted by Gasteiger charge is -2.30. The zero-order valence-electron chi connectivity index (χ0n) is 13.4. The van der Waals surface area contributed by atoms with Gasteiger partial charge in [-0.05, 0) is 24.0 Å². The van der Waals surface area contributed by atoms with Gasteiger partial charge in [0, 0.05) is 11.8 Å². The molecule has 6 heteroatoms. The maximum absolute atomic E-state index is 11.1. The minimum Gasteiger partial charge on any atom is -0.441 e. The van der Waals surface area contributed by atoms with Crippen molar-refractivity contribution in [2.24, 2.45) is 22.0 Å². The van der Waals surface area contributed by atoms with Crippen LogP contribution in [0.25, 0.3) is 0 Å². The van der Waals surface area contributed by atoms with E-state index in [1.165, 1.54) is 0 Å². The summed E-state index contributed by atoms with van der Waals surface area (Å²) in [7, 11) is 0. The summed E-state index contributed by atoms with van der Waals surface area (Å²) in [5.41, 5.74) is 12.4. The number of amidine groups is 1. The van der Waals surface area contributed by atoms with Gasteiger partial charge in [-0.3, -0.25) is 0 Å². The lowest BCUT2D eigenvalue weighted by molar-refractivity contribution is 0.0360. The lowest BCUT2D eigenvalue weighted by Crippen LogP contribution is -2.26. The number of nitrogens with zero attached hydrogens (tertiary/aromatic N) is 1. The molecule has 0 heterocycles. The van der Waals surface area contributed by atoms with Crippen LogP contribution < -0.4 is 11.5 Å². The summed E-state index contributed by atoms with van der Waals surface area (Å²) in [6.45, 7) is 5.97. The highest BCUT2D eigenvalue weighted by Gasteiger charge is 2.29. The minimum absolute atomic E-state index is 0.235. The summed E-state index contributed by atoms with van der Waals surface area (Å²) in [4.78, 5) is 11.1. The number of nitrogens with two attached hydrogens (primary N) is 2. The first-order chi connectivity index (χ1) is 10.2. The monoisotopic (exact) mass is 307 g/mol. The number of carbonyl (C=O) groups is 1. The number of hydrogen-bond donors (Lipinski definition) is 3. The Bertz CT molecular complexity index is 518. The first-order valence-electron chi connectivity index (χ1n) is 7.25. The van der Waals surface area contributed by atoms with Crippen LogP contribution in [0.4, 0.5) is 4.79 Å². The summed E-state index contributed by atoms with van der Waals surface area (Å²) >= 11 is 0. The average molecular weight is 307 g/mol. The van der Waals surface area contributed by atoms with Crippen molar-refractivity contribution in [1.82, 2.24) is 0 Å². The topological polar surface area (TPSA) is 111 Å². The highest BCUT2D eigenvalue weighted by Crippen LogP contribution is 2.36. The number of ether oxygens (including phenoxy) is 1. The number of benzene rings is 1. The van der Waals surface area contributed by atoms with E-state index in [-0.39, 0.29) is 11.3 Å². The Kier molecular flexibility index (Phi) is 6.22. The molecule has 1 atom stereocenters. The zero-order valence-corrected chi connectivity index (χ0v) is 13.4. The first-order valence-corrected chi connectivity index (χ1v) is 7.25. The Morgan fingerprint density at radius 2 is 1.86 bits per heavy atom. The third-order valence-electron chi connectivity index (χ3n) is 3.33. The molecule has 1 aromatic rings. The third kappa shape index (κ3) is 5.63. The maximum Gasteiger partial charge on any atom is 0.405 e. The third-order valence-corrected chi connectivity index (χ3v) is 3.33. The Morgan fingerprint density at radius 1 is 1.27 bits per heavy atom. The Hall–Kier alpha value is -2.24. The molecule has 1 amide bonds. The van der Waals surface area contributed by atoms with Gasteiger partial charge in [0.15, 0.2) is 0 Å². The predicted octanol–water partition coefficient (Wildman–Crippen LogP) is 2.94. The SMILES string of the molecule is CC(C)(C)C(OC(N)=O)c1ccc(CCCC(N)=NO)cc1. The van der Waals surface area contributed by atoms with E-state index in [4.69, 9.17) is 21.4 Å². The smallest absolute Gasteiger partial charge is 0.405 e. The fourth-order valence-electron chi connectivity index (χ4n) is 2.24. The number of aryl methyl sites for hydroxylation is 1. The summed E-state index contributed by atoms with van der Waals surface area (Å²) in [6, 6.07) is 7.87. The van der Waals surface area contributed by atoms with Crippen molar-refractivity contribution in [3.63, 3.8) is 0 Å². The molecule has 0 saturated carbocycles. The summed E-state index contributed by atoms with van der Waals surface area (Å²) in [6.07, 6.45) is 1.01. The second kappa shape index (κ2) is 7.68. The van der Waals surface area contributed by atoms with Crippen LogP contribution in [-0.2, 0) is 11.2 Å². The highest BCUT2D eigenvalue weighted by atomic mass is 16.6. The molecule has 0 aliphatic rings. The number of rotatable bonds is 6. The van der Waals surface area contributed by atoms with E-state index in [1.54, 1.807) is 0 Å². The average Bonchev–Trinajstić information content (AvgIpc) is 2.44. The summed E-state index contributed by atoms with van der Waals surface area (Å²) in [5, 5.41) is 11.4. The molecular formula is C16H25N3O3. The second-order valence-corrected chi connectivity index (χ2v) is 6.37. The van der Waals surface area contributed by atoms with Crippen LogP contribution in [0, 0.1) is 5.41 Å².